The molecule has 0 aromatic heterocycles. The first-order valence-corrected chi connectivity index (χ1v) is 6.01. The molecule has 1 N–H and O–H groups in total. The first-order chi connectivity index (χ1) is 8.22. The van der Waals surface area contributed by atoms with Crippen LogP contribution in [0.1, 0.15) is 18.4 Å². The summed E-state index contributed by atoms with van der Waals surface area (Å²) in [6, 6.07) is 6.82. The van der Waals surface area contributed by atoms with E-state index in [9.17, 15) is 9.18 Å². The van der Waals surface area contributed by atoms with E-state index in [0.29, 0.717) is 12.6 Å². The third-order valence-corrected chi connectivity index (χ3v) is 3.58. The fourth-order valence-corrected chi connectivity index (χ4v) is 2.69. The molecule has 1 aromatic rings. The second-order valence-electron chi connectivity index (χ2n) is 4.84. The molecule has 0 radical (unpaired) electrons. The molecule has 0 saturated carbocycles. The summed E-state index contributed by atoms with van der Waals surface area (Å²) in [5.74, 6) is -0.0523. The summed E-state index contributed by atoms with van der Waals surface area (Å²) in [4.78, 5) is 13.9. The topological polar surface area (TPSA) is 32.3 Å². The number of nitrogens with zero attached hydrogens (tertiary/aromatic N) is 1. The molecule has 90 valence electrons. The Kier molecular flexibility index (Phi) is 2.59. The molecule has 1 aromatic carbocycles. The fraction of sp³-hybridized carbons (Fsp3) is 0.462. The Hall–Kier alpha value is -1.42. The van der Waals surface area contributed by atoms with Crippen LogP contribution in [0.25, 0.3) is 0 Å². The molecule has 2 saturated heterocycles. The standard InChI is InChI=1S/C13H15FN2O/c14-10-3-1-9(2-4-10)7-16-8-11-5-6-12(15-11)13(16)17/h1-4,11-12,15H,5-8H2. The molecule has 3 nitrogen and oxygen atoms in total. The van der Waals surface area contributed by atoms with Gasteiger partial charge in [0, 0.05) is 19.1 Å². The highest BCUT2D eigenvalue weighted by atomic mass is 19.1. The van der Waals surface area contributed by atoms with Crippen molar-refractivity contribution >= 4 is 5.91 Å². The molecule has 2 heterocycles. The number of halogens is 1. The minimum absolute atomic E-state index is 0.00852. The Morgan fingerprint density at radius 3 is 2.82 bits per heavy atom. The van der Waals surface area contributed by atoms with Crippen molar-refractivity contribution in [2.75, 3.05) is 6.54 Å². The SMILES string of the molecule is O=C1C2CCC(CN1Cc1ccc(F)cc1)N2. The molecule has 3 rings (SSSR count). The first-order valence-electron chi connectivity index (χ1n) is 6.01. The van der Waals surface area contributed by atoms with Crippen LogP contribution in [0.4, 0.5) is 4.39 Å². The van der Waals surface area contributed by atoms with Crippen LogP contribution in [0.2, 0.25) is 0 Å². The summed E-state index contributed by atoms with van der Waals surface area (Å²) >= 11 is 0. The lowest BCUT2D eigenvalue weighted by Gasteiger charge is -2.32. The molecule has 2 aliphatic rings. The van der Waals surface area contributed by atoms with E-state index < -0.39 is 0 Å². The number of amides is 1. The van der Waals surface area contributed by atoms with Gasteiger partial charge in [-0.2, -0.15) is 0 Å². The van der Waals surface area contributed by atoms with Crippen molar-refractivity contribution in [2.45, 2.75) is 31.5 Å². The molecule has 17 heavy (non-hydrogen) atoms. The Labute approximate surface area is 99.6 Å². The second-order valence-corrected chi connectivity index (χ2v) is 4.84. The summed E-state index contributed by atoms with van der Waals surface area (Å²) < 4.78 is 12.8. The average molecular weight is 234 g/mol. The van der Waals surface area contributed by atoms with E-state index in [1.807, 2.05) is 4.90 Å². The monoisotopic (exact) mass is 234 g/mol. The third kappa shape index (κ3) is 2.05. The summed E-state index contributed by atoms with van der Waals surface area (Å²) in [6.45, 7) is 1.36. The number of hydrogen-bond acceptors (Lipinski definition) is 2. The number of nitrogens with one attached hydrogen (secondary N) is 1. The predicted molar refractivity (Wildman–Crippen MR) is 61.8 cm³/mol. The van der Waals surface area contributed by atoms with E-state index in [0.717, 1.165) is 24.9 Å². The third-order valence-electron chi connectivity index (χ3n) is 3.58. The van der Waals surface area contributed by atoms with Crippen molar-refractivity contribution in [3.63, 3.8) is 0 Å². The molecular formula is C13H15FN2O. The molecule has 2 atom stereocenters. The van der Waals surface area contributed by atoms with Crippen LogP contribution < -0.4 is 5.32 Å². The zero-order valence-corrected chi connectivity index (χ0v) is 9.53. The number of benzene rings is 1. The van der Waals surface area contributed by atoms with Crippen LogP contribution in [0.5, 0.6) is 0 Å². The Morgan fingerprint density at radius 2 is 2.06 bits per heavy atom. The zero-order valence-electron chi connectivity index (χ0n) is 9.53. The van der Waals surface area contributed by atoms with Gasteiger partial charge < -0.3 is 10.2 Å². The predicted octanol–water partition coefficient (Wildman–Crippen LogP) is 1.29. The smallest absolute Gasteiger partial charge is 0.240 e. The molecule has 4 heteroatoms. The minimum Gasteiger partial charge on any atom is -0.335 e. The number of carbonyl (C=O) groups excluding carboxylic acids is 1. The molecule has 2 unspecified atom stereocenters. The van der Waals surface area contributed by atoms with Crippen LogP contribution in [-0.4, -0.2) is 29.4 Å². The number of likely N-dealkylation sites (tertiary alicyclic amines) is 1. The maximum atomic E-state index is 12.8. The van der Waals surface area contributed by atoms with Crippen molar-refractivity contribution in [3.8, 4) is 0 Å². The van der Waals surface area contributed by atoms with E-state index in [-0.39, 0.29) is 17.8 Å². The van der Waals surface area contributed by atoms with Crippen molar-refractivity contribution in [1.29, 1.82) is 0 Å². The van der Waals surface area contributed by atoms with Gasteiger partial charge in [-0.25, -0.2) is 4.39 Å². The zero-order chi connectivity index (χ0) is 11.8. The van der Waals surface area contributed by atoms with Crippen molar-refractivity contribution < 1.29 is 9.18 Å². The van der Waals surface area contributed by atoms with Gasteiger partial charge in [0.2, 0.25) is 5.91 Å². The molecule has 2 bridgehead atoms. The molecule has 2 fully saturated rings. The van der Waals surface area contributed by atoms with Gasteiger partial charge in [-0.15, -0.1) is 0 Å². The van der Waals surface area contributed by atoms with Crippen molar-refractivity contribution in [2.24, 2.45) is 0 Å². The van der Waals surface area contributed by atoms with E-state index >= 15 is 0 Å². The molecule has 0 aliphatic carbocycles. The van der Waals surface area contributed by atoms with Gasteiger partial charge in [0.25, 0.3) is 0 Å². The highest BCUT2D eigenvalue weighted by molar-refractivity contribution is 5.83. The van der Waals surface area contributed by atoms with E-state index in [1.54, 1.807) is 12.1 Å². The van der Waals surface area contributed by atoms with Crippen LogP contribution >= 0.6 is 0 Å². The second kappa shape index (κ2) is 4.11. The summed E-state index contributed by atoms with van der Waals surface area (Å²) in [7, 11) is 0. The van der Waals surface area contributed by atoms with E-state index in [2.05, 4.69) is 5.32 Å². The number of hydrogen-bond donors (Lipinski definition) is 1. The summed E-state index contributed by atoms with van der Waals surface area (Å²) in [5.41, 5.74) is 0.987. The lowest BCUT2D eigenvalue weighted by molar-refractivity contribution is -0.135. The number of carbonyl (C=O) groups is 1. The fourth-order valence-electron chi connectivity index (χ4n) is 2.69. The molecule has 0 spiro atoms. The van der Waals surface area contributed by atoms with E-state index in [4.69, 9.17) is 0 Å². The van der Waals surface area contributed by atoms with Crippen molar-refractivity contribution in [1.82, 2.24) is 10.2 Å². The molecule has 2 aliphatic heterocycles. The highest BCUT2D eigenvalue weighted by Gasteiger charge is 2.38. The lowest BCUT2D eigenvalue weighted by Crippen LogP contribution is -2.54. The van der Waals surface area contributed by atoms with Crippen LogP contribution in [0.3, 0.4) is 0 Å². The Bertz CT molecular complexity index is 432. The van der Waals surface area contributed by atoms with Crippen LogP contribution in [0.15, 0.2) is 24.3 Å². The average Bonchev–Trinajstić information content (AvgIpc) is 2.73. The number of rotatable bonds is 2. The van der Waals surface area contributed by atoms with Gasteiger partial charge in [0.1, 0.15) is 5.82 Å². The quantitative estimate of drug-likeness (QED) is 0.836. The normalized spacial score (nSPS) is 27.6. The number of piperazine rings is 1. The lowest BCUT2D eigenvalue weighted by atomic mass is 10.1. The minimum atomic E-state index is -0.236. The highest BCUT2D eigenvalue weighted by Crippen LogP contribution is 2.22. The van der Waals surface area contributed by atoms with Gasteiger partial charge in [-0.3, -0.25) is 4.79 Å². The maximum absolute atomic E-state index is 12.8. The Morgan fingerprint density at radius 1 is 1.29 bits per heavy atom. The molecular weight excluding hydrogens is 219 g/mol. The van der Waals surface area contributed by atoms with Gasteiger partial charge in [-0.1, -0.05) is 12.1 Å². The van der Waals surface area contributed by atoms with Crippen molar-refractivity contribution in [3.05, 3.63) is 35.6 Å². The van der Waals surface area contributed by atoms with Gasteiger partial charge in [0.15, 0.2) is 0 Å². The summed E-state index contributed by atoms with van der Waals surface area (Å²) in [5, 5.41) is 3.31. The van der Waals surface area contributed by atoms with E-state index in [1.165, 1.54) is 12.1 Å². The maximum Gasteiger partial charge on any atom is 0.240 e. The number of fused-ring (bicyclic) bond motifs is 2. The van der Waals surface area contributed by atoms with Gasteiger partial charge >= 0.3 is 0 Å². The largest absolute Gasteiger partial charge is 0.335 e. The molecule has 1 amide bonds. The van der Waals surface area contributed by atoms with Crippen LogP contribution in [0, 0.1) is 5.82 Å². The van der Waals surface area contributed by atoms with Gasteiger partial charge in [0.05, 0.1) is 6.04 Å². The Balaban J connectivity index is 1.73. The first kappa shape index (κ1) is 10.7. The van der Waals surface area contributed by atoms with Gasteiger partial charge in [-0.05, 0) is 30.5 Å². The summed E-state index contributed by atoms with van der Waals surface area (Å²) in [6.07, 6.45) is 2.03. The van der Waals surface area contributed by atoms with Crippen LogP contribution in [-0.2, 0) is 11.3 Å².